The summed E-state index contributed by atoms with van der Waals surface area (Å²) in [5, 5.41) is 12.5. The van der Waals surface area contributed by atoms with Crippen LogP contribution in [0.3, 0.4) is 0 Å². The fourth-order valence-electron chi connectivity index (χ4n) is 2.19. The highest BCUT2D eigenvalue weighted by Gasteiger charge is 2.14. The maximum atomic E-state index is 9.28. The second kappa shape index (κ2) is 7.09. The maximum Gasteiger partial charge on any atom is 0.180 e. The summed E-state index contributed by atoms with van der Waals surface area (Å²) in [6.07, 6.45) is 7.80. The summed E-state index contributed by atoms with van der Waals surface area (Å²) in [7, 11) is 0. The lowest BCUT2D eigenvalue weighted by Gasteiger charge is -2.23. The molecule has 0 fully saturated rings. The van der Waals surface area contributed by atoms with Gasteiger partial charge in [-0.2, -0.15) is 0 Å². The Labute approximate surface area is 119 Å². The minimum absolute atomic E-state index is 0.115. The number of nitrogens with one attached hydrogen (secondary N) is 1. The number of aliphatic hydroxyl groups is 1. The van der Waals surface area contributed by atoms with E-state index >= 15 is 0 Å². The molecule has 6 nitrogen and oxygen atoms in total. The number of rotatable bonds is 8. The van der Waals surface area contributed by atoms with Gasteiger partial charge in [-0.3, -0.25) is 0 Å². The number of imidazole rings is 1. The van der Waals surface area contributed by atoms with Crippen molar-refractivity contribution in [2.75, 3.05) is 36.5 Å². The van der Waals surface area contributed by atoms with Crippen molar-refractivity contribution in [3.05, 3.63) is 18.6 Å². The van der Waals surface area contributed by atoms with E-state index in [4.69, 9.17) is 0 Å². The Morgan fingerprint density at radius 2 is 2.20 bits per heavy atom. The van der Waals surface area contributed by atoms with Crippen LogP contribution in [0, 0.1) is 0 Å². The number of anilines is 2. The van der Waals surface area contributed by atoms with E-state index in [2.05, 4.69) is 27.1 Å². The van der Waals surface area contributed by atoms with Crippen molar-refractivity contribution < 1.29 is 5.11 Å². The lowest BCUT2D eigenvalue weighted by Crippen LogP contribution is -2.29. The van der Waals surface area contributed by atoms with E-state index in [9.17, 15) is 5.11 Å². The zero-order valence-corrected chi connectivity index (χ0v) is 12.2. The third-order valence-electron chi connectivity index (χ3n) is 3.17. The molecular formula is C14H23N5O. The second-order valence-electron chi connectivity index (χ2n) is 4.70. The first-order chi connectivity index (χ1) is 9.80. The first kappa shape index (κ1) is 14.6. The molecule has 0 atom stereocenters. The molecule has 2 N–H and O–H groups in total. The van der Waals surface area contributed by atoms with Crippen molar-refractivity contribution in [2.45, 2.75) is 26.7 Å². The van der Waals surface area contributed by atoms with Crippen molar-refractivity contribution in [3.63, 3.8) is 0 Å². The zero-order valence-electron chi connectivity index (χ0n) is 12.2. The van der Waals surface area contributed by atoms with Gasteiger partial charge in [-0.15, -0.1) is 0 Å². The molecule has 0 radical (unpaired) electrons. The third kappa shape index (κ3) is 3.19. The van der Waals surface area contributed by atoms with Gasteiger partial charge in [-0.25, -0.2) is 9.97 Å². The number of aliphatic hydroxyl groups excluding tert-OH is 1. The highest BCUT2D eigenvalue weighted by atomic mass is 16.3. The summed E-state index contributed by atoms with van der Waals surface area (Å²) in [5.41, 5.74) is 0.830. The van der Waals surface area contributed by atoms with Crippen molar-refractivity contribution in [3.8, 4) is 0 Å². The Morgan fingerprint density at radius 3 is 2.90 bits per heavy atom. The molecule has 0 spiro atoms. The molecule has 0 aliphatic carbocycles. The lowest BCUT2D eigenvalue weighted by molar-refractivity contribution is 0.301. The van der Waals surface area contributed by atoms with Gasteiger partial charge >= 0.3 is 0 Å². The van der Waals surface area contributed by atoms with Crippen LogP contribution in [-0.2, 0) is 0 Å². The van der Waals surface area contributed by atoms with Gasteiger partial charge in [0.2, 0.25) is 0 Å². The van der Waals surface area contributed by atoms with Gasteiger partial charge in [-0.1, -0.05) is 13.3 Å². The SMILES string of the molecule is CCCCN(CCO)c1nc(NCC)cn2ccnc12. The van der Waals surface area contributed by atoms with Crippen LogP contribution in [0.15, 0.2) is 18.6 Å². The summed E-state index contributed by atoms with van der Waals surface area (Å²) in [4.78, 5) is 11.1. The van der Waals surface area contributed by atoms with Crippen molar-refractivity contribution in [1.82, 2.24) is 14.4 Å². The fourth-order valence-corrected chi connectivity index (χ4v) is 2.19. The summed E-state index contributed by atoms with van der Waals surface area (Å²) in [5.74, 6) is 1.66. The second-order valence-corrected chi connectivity index (χ2v) is 4.70. The molecule has 0 bridgehead atoms. The fraction of sp³-hybridized carbons (Fsp3) is 0.571. The van der Waals surface area contributed by atoms with Crippen LogP contribution in [-0.4, -0.2) is 45.7 Å². The molecule has 2 heterocycles. The normalized spacial score (nSPS) is 10.9. The predicted octanol–water partition coefficient (Wildman–Crippen LogP) is 1.76. The standard InChI is InChI=1S/C14H23N5O/c1-3-5-7-18(9-10-20)14-13-16-6-8-19(13)11-12(17-14)15-4-2/h6,8,11,15,20H,3-5,7,9-10H2,1-2H3. The number of aromatic nitrogens is 3. The minimum Gasteiger partial charge on any atom is -0.395 e. The average Bonchev–Trinajstić information content (AvgIpc) is 2.91. The molecule has 0 aliphatic rings. The summed E-state index contributed by atoms with van der Waals surface area (Å²) in [6.45, 7) is 6.59. The molecule has 0 amide bonds. The number of hydrogen-bond acceptors (Lipinski definition) is 5. The molecule has 0 unspecified atom stereocenters. The van der Waals surface area contributed by atoms with Crippen LogP contribution in [0.25, 0.3) is 5.65 Å². The number of fused-ring (bicyclic) bond motifs is 1. The Balaban J connectivity index is 2.39. The van der Waals surface area contributed by atoms with Crippen LogP contribution in [0.5, 0.6) is 0 Å². The molecule has 0 saturated heterocycles. The van der Waals surface area contributed by atoms with Gasteiger partial charge in [0.15, 0.2) is 11.5 Å². The van der Waals surface area contributed by atoms with E-state index in [0.717, 1.165) is 43.2 Å². The van der Waals surface area contributed by atoms with Crippen molar-refractivity contribution in [1.29, 1.82) is 0 Å². The van der Waals surface area contributed by atoms with Crippen LogP contribution in [0.1, 0.15) is 26.7 Å². The average molecular weight is 277 g/mol. The van der Waals surface area contributed by atoms with E-state index < -0.39 is 0 Å². The van der Waals surface area contributed by atoms with E-state index in [-0.39, 0.29) is 6.61 Å². The Bertz CT molecular complexity index is 539. The van der Waals surface area contributed by atoms with Crippen LogP contribution in [0.2, 0.25) is 0 Å². The van der Waals surface area contributed by atoms with Crippen molar-refractivity contribution >= 4 is 17.3 Å². The minimum atomic E-state index is 0.115. The van der Waals surface area contributed by atoms with E-state index in [1.807, 2.05) is 23.7 Å². The largest absolute Gasteiger partial charge is 0.395 e. The van der Waals surface area contributed by atoms with Gasteiger partial charge < -0.3 is 19.7 Å². The maximum absolute atomic E-state index is 9.28. The third-order valence-corrected chi connectivity index (χ3v) is 3.17. The summed E-state index contributed by atoms with van der Waals surface area (Å²) < 4.78 is 1.97. The molecule has 0 aromatic carbocycles. The van der Waals surface area contributed by atoms with Gasteiger partial charge in [0, 0.05) is 32.0 Å². The zero-order chi connectivity index (χ0) is 14.4. The topological polar surface area (TPSA) is 65.7 Å². The number of hydrogen-bond donors (Lipinski definition) is 2. The summed E-state index contributed by atoms with van der Waals surface area (Å²) in [6, 6.07) is 0. The van der Waals surface area contributed by atoms with Crippen LogP contribution in [0.4, 0.5) is 11.6 Å². The molecule has 2 aromatic heterocycles. The number of unbranched alkanes of at least 4 members (excludes halogenated alkanes) is 1. The van der Waals surface area contributed by atoms with E-state index in [1.54, 1.807) is 6.20 Å². The predicted molar refractivity (Wildman–Crippen MR) is 81.4 cm³/mol. The molecule has 110 valence electrons. The van der Waals surface area contributed by atoms with Gasteiger partial charge in [-0.05, 0) is 13.3 Å². The molecule has 0 aliphatic heterocycles. The van der Waals surface area contributed by atoms with E-state index in [0.29, 0.717) is 6.54 Å². The molecule has 2 aromatic rings. The Morgan fingerprint density at radius 1 is 1.35 bits per heavy atom. The van der Waals surface area contributed by atoms with Crippen LogP contribution >= 0.6 is 0 Å². The quantitative estimate of drug-likeness (QED) is 0.769. The monoisotopic (exact) mass is 277 g/mol. The molecule has 2 rings (SSSR count). The van der Waals surface area contributed by atoms with Crippen molar-refractivity contribution in [2.24, 2.45) is 0 Å². The molecule has 20 heavy (non-hydrogen) atoms. The summed E-state index contributed by atoms with van der Waals surface area (Å²) >= 11 is 0. The first-order valence-corrected chi connectivity index (χ1v) is 7.23. The first-order valence-electron chi connectivity index (χ1n) is 7.23. The Hall–Kier alpha value is -1.82. The lowest BCUT2D eigenvalue weighted by atomic mass is 10.3. The van der Waals surface area contributed by atoms with Gasteiger partial charge in [0.05, 0.1) is 12.8 Å². The number of nitrogens with zero attached hydrogens (tertiary/aromatic N) is 4. The molecule has 0 saturated carbocycles. The highest BCUT2D eigenvalue weighted by Crippen LogP contribution is 2.21. The van der Waals surface area contributed by atoms with Gasteiger partial charge in [0.25, 0.3) is 0 Å². The smallest absolute Gasteiger partial charge is 0.180 e. The van der Waals surface area contributed by atoms with E-state index in [1.165, 1.54) is 0 Å². The highest BCUT2D eigenvalue weighted by molar-refractivity contribution is 5.66. The van der Waals surface area contributed by atoms with Crippen LogP contribution < -0.4 is 10.2 Å². The Kier molecular flexibility index (Phi) is 5.17. The molecule has 6 heteroatoms. The molecular weight excluding hydrogens is 254 g/mol. The van der Waals surface area contributed by atoms with Gasteiger partial charge in [0.1, 0.15) is 5.82 Å².